The maximum atomic E-state index is 4.51. The molecule has 5 heteroatoms. The number of aryl methyl sites for hydroxylation is 2. The van der Waals surface area contributed by atoms with Crippen LogP contribution in [0.3, 0.4) is 0 Å². The van der Waals surface area contributed by atoms with Crippen molar-refractivity contribution >= 4 is 0 Å². The van der Waals surface area contributed by atoms with Crippen molar-refractivity contribution in [2.75, 3.05) is 0 Å². The molecule has 1 N–H and O–H groups in total. The first-order chi connectivity index (χ1) is 9.10. The van der Waals surface area contributed by atoms with E-state index in [4.69, 9.17) is 0 Å². The van der Waals surface area contributed by atoms with Crippen molar-refractivity contribution in [2.24, 2.45) is 7.05 Å². The average Bonchev–Trinajstić information content (AvgIpc) is 2.97. The number of rotatable bonds is 6. The van der Waals surface area contributed by atoms with E-state index in [-0.39, 0.29) is 0 Å². The van der Waals surface area contributed by atoms with Crippen LogP contribution in [0.2, 0.25) is 0 Å². The molecule has 0 aromatic carbocycles. The number of nitrogens with zero attached hydrogens (tertiary/aromatic N) is 4. The molecule has 0 fully saturated rings. The predicted molar refractivity (Wildman–Crippen MR) is 75.7 cm³/mol. The lowest BCUT2D eigenvalue weighted by molar-refractivity contribution is 0.596. The second-order valence-corrected chi connectivity index (χ2v) is 5.11. The van der Waals surface area contributed by atoms with Crippen molar-refractivity contribution in [3.63, 3.8) is 0 Å². The second kappa shape index (κ2) is 6.02. The standard InChI is InChI=1S/C14H23N5/c1-5-19-7-6-12(16-19)9-15-10-13-8-14(11(2)3)17-18(13)4/h6-8,11,15H,5,9-10H2,1-4H3. The Morgan fingerprint density at radius 2 is 2.05 bits per heavy atom. The zero-order valence-electron chi connectivity index (χ0n) is 12.2. The SMILES string of the molecule is CCn1ccc(CNCc2cc(C(C)C)nn2C)n1. The van der Waals surface area contributed by atoms with E-state index in [1.807, 2.05) is 22.6 Å². The van der Waals surface area contributed by atoms with E-state index in [0.29, 0.717) is 5.92 Å². The largest absolute Gasteiger partial charge is 0.305 e. The van der Waals surface area contributed by atoms with Gasteiger partial charge in [-0.25, -0.2) is 0 Å². The van der Waals surface area contributed by atoms with Crippen LogP contribution >= 0.6 is 0 Å². The Kier molecular flexibility index (Phi) is 4.37. The number of aromatic nitrogens is 4. The molecule has 5 nitrogen and oxygen atoms in total. The van der Waals surface area contributed by atoms with Crippen LogP contribution in [0.15, 0.2) is 18.3 Å². The van der Waals surface area contributed by atoms with Crippen LogP contribution in [0.1, 0.15) is 43.8 Å². The summed E-state index contributed by atoms with van der Waals surface area (Å²) in [4.78, 5) is 0. The number of hydrogen-bond donors (Lipinski definition) is 1. The monoisotopic (exact) mass is 261 g/mol. The van der Waals surface area contributed by atoms with Crippen LogP contribution < -0.4 is 5.32 Å². The summed E-state index contributed by atoms with van der Waals surface area (Å²) < 4.78 is 3.89. The molecule has 0 aliphatic heterocycles. The summed E-state index contributed by atoms with van der Waals surface area (Å²) in [5.74, 6) is 0.472. The van der Waals surface area contributed by atoms with E-state index in [2.05, 4.69) is 48.4 Å². The van der Waals surface area contributed by atoms with Gasteiger partial charge in [0, 0.05) is 32.9 Å². The highest BCUT2D eigenvalue weighted by Crippen LogP contribution is 2.13. The van der Waals surface area contributed by atoms with Gasteiger partial charge in [-0.05, 0) is 25.0 Å². The lowest BCUT2D eigenvalue weighted by atomic mass is 10.1. The summed E-state index contributed by atoms with van der Waals surface area (Å²) in [6, 6.07) is 4.22. The van der Waals surface area contributed by atoms with E-state index in [1.54, 1.807) is 0 Å². The van der Waals surface area contributed by atoms with Gasteiger partial charge in [-0.3, -0.25) is 9.36 Å². The highest BCUT2D eigenvalue weighted by molar-refractivity contribution is 5.13. The molecule has 0 saturated carbocycles. The molecule has 2 heterocycles. The van der Waals surface area contributed by atoms with E-state index in [9.17, 15) is 0 Å². The Bertz CT molecular complexity index is 524. The van der Waals surface area contributed by atoms with Crippen molar-refractivity contribution < 1.29 is 0 Å². The molecule has 104 valence electrons. The lowest BCUT2D eigenvalue weighted by Gasteiger charge is -2.03. The van der Waals surface area contributed by atoms with Gasteiger partial charge in [0.25, 0.3) is 0 Å². The molecule has 0 bridgehead atoms. The minimum Gasteiger partial charge on any atom is -0.305 e. The fourth-order valence-electron chi connectivity index (χ4n) is 1.97. The van der Waals surface area contributed by atoms with Crippen LogP contribution in [0.25, 0.3) is 0 Å². The molecule has 0 radical (unpaired) electrons. The van der Waals surface area contributed by atoms with Crippen molar-refractivity contribution in [2.45, 2.75) is 46.3 Å². The summed E-state index contributed by atoms with van der Waals surface area (Å²) in [6.45, 7) is 8.94. The molecule has 2 aromatic heterocycles. The average molecular weight is 261 g/mol. The maximum Gasteiger partial charge on any atom is 0.0762 e. The van der Waals surface area contributed by atoms with Gasteiger partial charge in [0.05, 0.1) is 17.1 Å². The topological polar surface area (TPSA) is 47.7 Å². The molecule has 0 saturated heterocycles. The van der Waals surface area contributed by atoms with Gasteiger partial charge in [-0.1, -0.05) is 13.8 Å². The van der Waals surface area contributed by atoms with Crippen LogP contribution in [0, 0.1) is 0 Å². The Morgan fingerprint density at radius 3 is 2.63 bits per heavy atom. The molecule has 19 heavy (non-hydrogen) atoms. The fourth-order valence-corrected chi connectivity index (χ4v) is 1.97. The van der Waals surface area contributed by atoms with Crippen molar-refractivity contribution in [1.82, 2.24) is 24.9 Å². The first-order valence-corrected chi connectivity index (χ1v) is 6.86. The van der Waals surface area contributed by atoms with Gasteiger partial charge in [-0.2, -0.15) is 10.2 Å². The number of hydrogen-bond acceptors (Lipinski definition) is 3. The first-order valence-electron chi connectivity index (χ1n) is 6.86. The molecule has 0 aliphatic rings. The smallest absolute Gasteiger partial charge is 0.0762 e. The van der Waals surface area contributed by atoms with E-state index < -0.39 is 0 Å². The van der Waals surface area contributed by atoms with Gasteiger partial charge < -0.3 is 5.32 Å². The number of nitrogens with one attached hydrogen (secondary N) is 1. The van der Waals surface area contributed by atoms with Crippen LogP contribution in [0.4, 0.5) is 0 Å². The summed E-state index contributed by atoms with van der Waals surface area (Å²) in [5, 5.41) is 12.4. The molecule has 0 atom stereocenters. The zero-order valence-corrected chi connectivity index (χ0v) is 12.2. The Labute approximate surface area is 114 Å². The molecular weight excluding hydrogens is 238 g/mol. The predicted octanol–water partition coefficient (Wildman–Crippen LogP) is 2.05. The molecule has 0 amide bonds. The van der Waals surface area contributed by atoms with E-state index >= 15 is 0 Å². The molecular formula is C14H23N5. The Morgan fingerprint density at radius 1 is 1.26 bits per heavy atom. The Balaban J connectivity index is 1.88. The third-order valence-corrected chi connectivity index (χ3v) is 3.22. The second-order valence-electron chi connectivity index (χ2n) is 5.11. The highest BCUT2D eigenvalue weighted by Gasteiger charge is 2.08. The summed E-state index contributed by atoms with van der Waals surface area (Å²) in [7, 11) is 1.99. The first kappa shape index (κ1) is 13.8. The molecule has 0 spiro atoms. The van der Waals surface area contributed by atoms with Gasteiger partial charge in [0.15, 0.2) is 0 Å². The summed E-state index contributed by atoms with van der Waals surface area (Å²) in [5.41, 5.74) is 3.43. The summed E-state index contributed by atoms with van der Waals surface area (Å²) >= 11 is 0. The molecule has 2 rings (SSSR count). The highest BCUT2D eigenvalue weighted by atomic mass is 15.3. The van der Waals surface area contributed by atoms with Crippen molar-refractivity contribution in [3.05, 3.63) is 35.4 Å². The fraction of sp³-hybridized carbons (Fsp3) is 0.571. The van der Waals surface area contributed by atoms with E-state index in [1.165, 1.54) is 5.69 Å². The summed E-state index contributed by atoms with van der Waals surface area (Å²) in [6.07, 6.45) is 2.01. The van der Waals surface area contributed by atoms with Gasteiger partial charge in [0.1, 0.15) is 0 Å². The van der Waals surface area contributed by atoms with Gasteiger partial charge in [-0.15, -0.1) is 0 Å². The van der Waals surface area contributed by atoms with Crippen LogP contribution in [-0.4, -0.2) is 19.6 Å². The van der Waals surface area contributed by atoms with E-state index in [0.717, 1.165) is 31.0 Å². The minimum atomic E-state index is 0.472. The zero-order chi connectivity index (χ0) is 13.8. The van der Waals surface area contributed by atoms with Crippen molar-refractivity contribution in [1.29, 1.82) is 0 Å². The normalized spacial score (nSPS) is 11.4. The third kappa shape index (κ3) is 3.44. The molecule has 2 aromatic rings. The van der Waals surface area contributed by atoms with Crippen LogP contribution in [0.5, 0.6) is 0 Å². The molecule has 0 unspecified atom stereocenters. The maximum absolute atomic E-state index is 4.51. The minimum absolute atomic E-state index is 0.472. The van der Waals surface area contributed by atoms with Gasteiger partial charge in [0.2, 0.25) is 0 Å². The Hall–Kier alpha value is -1.62. The lowest BCUT2D eigenvalue weighted by Crippen LogP contribution is -2.15. The van der Waals surface area contributed by atoms with Gasteiger partial charge >= 0.3 is 0 Å². The molecule has 0 aliphatic carbocycles. The van der Waals surface area contributed by atoms with Crippen molar-refractivity contribution in [3.8, 4) is 0 Å². The quantitative estimate of drug-likeness (QED) is 0.865. The third-order valence-electron chi connectivity index (χ3n) is 3.22. The van der Waals surface area contributed by atoms with Crippen LogP contribution in [-0.2, 0) is 26.7 Å².